The summed E-state index contributed by atoms with van der Waals surface area (Å²) in [6.45, 7) is 2.12. The van der Waals surface area contributed by atoms with E-state index in [-0.39, 0.29) is 18.2 Å². The monoisotopic (exact) mass is 545 g/mol. The molecule has 0 spiro atoms. The van der Waals surface area contributed by atoms with Crippen LogP contribution in [-0.2, 0) is 22.4 Å². The number of carbonyl (C=O) groups is 2. The van der Waals surface area contributed by atoms with Crippen molar-refractivity contribution in [2.24, 2.45) is 11.7 Å². The molecule has 0 heterocycles. The number of amidine groups is 1. The Balaban J connectivity index is 1.64. The summed E-state index contributed by atoms with van der Waals surface area (Å²) in [5.74, 6) is -1.52. The Morgan fingerprint density at radius 3 is 2.29 bits per heavy atom. The molecule has 6 nitrogen and oxygen atoms in total. The summed E-state index contributed by atoms with van der Waals surface area (Å²) in [6.07, 6.45) is 4.91. The summed E-state index contributed by atoms with van der Waals surface area (Å²) < 4.78 is 5.18. The van der Waals surface area contributed by atoms with Gasteiger partial charge in [-0.25, -0.2) is 0 Å². The molecule has 41 heavy (non-hydrogen) atoms. The summed E-state index contributed by atoms with van der Waals surface area (Å²) in [7, 11) is 1.34. The van der Waals surface area contributed by atoms with Crippen LogP contribution in [0.3, 0.4) is 0 Å². The van der Waals surface area contributed by atoms with Crippen molar-refractivity contribution < 1.29 is 14.3 Å². The number of rotatable bonds is 11. The molecule has 0 aliphatic carbocycles. The number of aryl methyl sites for hydroxylation is 1. The number of ether oxygens (including phenoxy) is 1. The normalized spacial score (nSPS) is 12.4. The number of methoxy groups -OCH3 is 1. The van der Waals surface area contributed by atoms with Gasteiger partial charge in [0.2, 0.25) is 0 Å². The van der Waals surface area contributed by atoms with Crippen LogP contribution in [-0.4, -0.2) is 30.9 Å². The molecule has 0 fully saturated rings. The van der Waals surface area contributed by atoms with Crippen molar-refractivity contribution in [1.29, 1.82) is 5.41 Å². The highest BCUT2D eigenvalue weighted by atomic mass is 16.5. The van der Waals surface area contributed by atoms with Crippen LogP contribution in [0.25, 0.3) is 17.2 Å². The van der Waals surface area contributed by atoms with Crippen LogP contribution < -0.4 is 11.1 Å². The quantitative estimate of drug-likeness (QED) is 0.121. The Morgan fingerprint density at radius 1 is 0.902 bits per heavy atom. The highest BCUT2D eigenvalue weighted by Crippen LogP contribution is 2.25. The molecule has 4 aromatic carbocycles. The SMILES string of the molecule is CCc1ccccc1-c1ccc(C(=O)NC(C=Cc2ccccc2)C(Cc2cccc(C(=N)N)c2)C(=O)OC)cc1. The third-order valence-corrected chi connectivity index (χ3v) is 7.08. The molecule has 0 aromatic heterocycles. The summed E-state index contributed by atoms with van der Waals surface area (Å²) in [4.78, 5) is 26.6. The van der Waals surface area contributed by atoms with Gasteiger partial charge in [0.05, 0.1) is 19.1 Å². The van der Waals surface area contributed by atoms with Gasteiger partial charge >= 0.3 is 5.97 Å². The number of esters is 1. The third-order valence-electron chi connectivity index (χ3n) is 7.08. The predicted molar refractivity (Wildman–Crippen MR) is 165 cm³/mol. The first kappa shape index (κ1) is 29.0. The second kappa shape index (κ2) is 13.9. The Hall–Kier alpha value is -4.97. The molecule has 0 saturated heterocycles. The van der Waals surface area contributed by atoms with Crippen molar-refractivity contribution in [2.45, 2.75) is 25.8 Å². The second-order valence-electron chi connectivity index (χ2n) is 9.80. The first-order valence-corrected chi connectivity index (χ1v) is 13.6. The summed E-state index contributed by atoms with van der Waals surface area (Å²) in [5.41, 5.74) is 11.9. The van der Waals surface area contributed by atoms with Crippen LogP contribution in [0.4, 0.5) is 0 Å². The number of hydrogen-bond donors (Lipinski definition) is 3. The summed E-state index contributed by atoms with van der Waals surface area (Å²) in [6, 6.07) is 31.9. The van der Waals surface area contributed by atoms with Crippen LogP contribution in [0.2, 0.25) is 0 Å². The Labute approximate surface area is 241 Å². The van der Waals surface area contributed by atoms with Crippen molar-refractivity contribution in [3.05, 3.63) is 137 Å². The topological polar surface area (TPSA) is 105 Å². The van der Waals surface area contributed by atoms with E-state index in [1.807, 2.05) is 72.8 Å². The van der Waals surface area contributed by atoms with Crippen molar-refractivity contribution in [3.63, 3.8) is 0 Å². The number of hydrogen-bond acceptors (Lipinski definition) is 4. The van der Waals surface area contributed by atoms with E-state index in [4.69, 9.17) is 15.9 Å². The molecule has 0 aliphatic rings. The van der Waals surface area contributed by atoms with Crippen molar-refractivity contribution in [2.75, 3.05) is 7.11 Å². The fraction of sp³-hybridized carbons (Fsp3) is 0.171. The molecule has 2 unspecified atom stereocenters. The lowest BCUT2D eigenvalue weighted by Crippen LogP contribution is -2.43. The minimum absolute atomic E-state index is 0.0553. The van der Waals surface area contributed by atoms with Gasteiger partial charge in [-0.15, -0.1) is 0 Å². The van der Waals surface area contributed by atoms with Crippen LogP contribution in [0.5, 0.6) is 0 Å². The minimum atomic E-state index is -0.721. The van der Waals surface area contributed by atoms with Gasteiger partial charge in [0.15, 0.2) is 0 Å². The molecular weight excluding hydrogens is 510 g/mol. The Bertz CT molecular complexity index is 1530. The highest BCUT2D eigenvalue weighted by molar-refractivity contribution is 5.96. The first-order valence-electron chi connectivity index (χ1n) is 13.6. The fourth-order valence-electron chi connectivity index (χ4n) is 4.84. The number of benzene rings is 4. The molecule has 0 saturated carbocycles. The number of nitrogens with one attached hydrogen (secondary N) is 2. The molecule has 4 rings (SSSR count). The molecule has 208 valence electrons. The first-order chi connectivity index (χ1) is 19.9. The van der Waals surface area contributed by atoms with E-state index < -0.39 is 17.9 Å². The molecule has 2 atom stereocenters. The molecule has 0 radical (unpaired) electrons. The average molecular weight is 546 g/mol. The molecule has 6 heteroatoms. The second-order valence-corrected chi connectivity index (χ2v) is 9.80. The van der Waals surface area contributed by atoms with Gasteiger partial charge in [-0.1, -0.05) is 104 Å². The van der Waals surface area contributed by atoms with Crippen molar-refractivity contribution in [1.82, 2.24) is 5.32 Å². The maximum absolute atomic E-state index is 13.5. The number of nitrogen functional groups attached to an aromatic ring is 1. The number of carbonyl (C=O) groups excluding carboxylic acids is 2. The standard InChI is InChI=1S/C35H35N3O3/c1-3-26-13-7-8-15-30(26)27-17-19-28(20-18-27)34(39)38-32(21-16-24-10-5-4-6-11-24)31(35(40)41-2)23-25-12-9-14-29(22-25)33(36)37/h4-22,31-32H,3,23H2,1-2H3,(H3,36,37)(H,38,39). The van der Waals surface area contributed by atoms with E-state index in [9.17, 15) is 9.59 Å². The maximum atomic E-state index is 13.5. The van der Waals surface area contributed by atoms with Crippen LogP contribution >= 0.6 is 0 Å². The zero-order valence-corrected chi connectivity index (χ0v) is 23.3. The third kappa shape index (κ3) is 7.57. The summed E-state index contributed by atoms with van der Waals surface area (Å²) >= 11 is 0. The Morgan fingerprint density at radius 2 is 1.61 bits per heavy atom. The zero-order chi connectivity index (χ0) is 29.2. The van der Waals surface area contributed by atoms with Gasteiger partial charge in [-0.2, -0.15) is 0 Å². The Kier molecular flexibility index (Phi) is 9.84. The lowest BCUT2D eigenvalue weighted by Gasteiger charge is -2.24. The van der Waals surface area contributed by atoms with Crippen molar-refractivity contribution in [3.8, 4) is 11.1 Å². The number of amides is 1. The van der Waals surface area contributed by atoms with E-state index in [1.54, 1.807) is 30.3 Å². The average Bonchev–Trinajstić information content (AvgIpc) is 3.02. The highest BCUT2D eigenvalue weighted by Gasteiger charge is 2.30. The molecule has 4 aromatic rings. The van der Waals surface area contributed by atoms with E-state index in [0.717, 1.165) is 28.7 Å². The van der Waals surface area contributed by atoms with E-state index in [2.05, 4.69) is 24.4 Å². The van der Waals surface area contributed by atoms with Crippen LogP contribution in [0, 0.1) is 11.3 Å². The minimum Gasteiger partial charge on any atom is -0.469 e. The fourth-order valence-corrected chi connectivity index (χ4v) is 4.84. The van der Waals surface area contributed by atoms with Crippen LogP contribution in [0.15, 0.2) is 109 Å². The predicted octanol–water partition coefficient (Wildman–Crippen LogP) is 6.04. The zero-order valence-electron chi connectivity index (χ0n) is 23.3. The largest absolute Gasteiger partial charge is 0.469 e. The van der Waals surface area contributed by atoms with Gasteiger partial charge < -0.3 is 15.8 Å². The lowest BCUT2D eigenvalue weighted by molar-refractivity contribution is -0.145. The van der Waals surface area contributed by atoms with Gasteiger partial charge in [0.1, 0.15) is 5.84 Å². The van der Waals surface area contributed by atoms with E-state index in [1.165, 1.54) is 12.7 Å². The van der Waals surface area contributed by atoms with Gasteiger partial charge in [-0.3, -0.25) is 15.0 Å². The molecule has 4 N–H and O–H groups in total. The van der Waals surface area contributed by atoms with Crippen molar-refractivity contribution >= 4 is 23.8 Å². The maximum Gasteiger partial charge on any atom is 0.311 e. The molecule has 0 aliphatic heterocycles. The van der Waals surface area contributed by atoms with Gasteiger partial charge in [-0.05, 0) is 58.9 Å². The van der Waals surface area contributed by atoms with Gasteiger partial charge in [0.25, 0.3) is 5.91 Å². The summed E-state index contributed by atoms with van der Waals surface area (Å²) in [5, 5.41) is 10.8. The lowest BCUT2D eigenvalue weighted by atomic mass is 9.90. The van der Waals surface area contributed by atoms with Crippen LogP contribution in [0.1, 0.15) is 39.5 Å². The van der Waals surface area contributed by atoms with Gasteiger partial charge in [0, 0.05) is 11.1 Å². The molecule has 1 amide bonds. The molecule has 0 bridgehead atoms. The smallest absolute Gasteiger partial charge is 0.311 e. The van der Waals surface area contributed by atoms with E-state index in [0.29, 0.717) is 11.1 Å². The number of nitrogens with two attached hydrogens (primary N) is 1. The van der Waals surface area contributed by atoms with E-state index >= 15 is 0 Å². The molecular formula is C35H35N3O3.